The highest BCUT2D eigenvalue weighted by Gasteiger charge is 2.27. The van der Waals surface area contributed by atoms with Crippen LogP contribution in [0.5, 0.6) is 0 Å². The van der Waals surface area contributed by atoms with Crippen molar-refractivity contribution in [1.29, 1.82) is 0 Å². The van der Waals surface area contributed by atoms with Crippen LogP contribution in [0.15, 0.2) is 54.7 Å². The van der Waals surface area contributed by atoms with Crippen molar-refractivity contribution in [2.45, 2.75) is 39.0 Å². The van der Waals surface area contributed by atoms with Gasteiger partial charge in [-0.15, -0.1) is 0 Å². The number of anilines is 1. The van der Waals surface area contributed by atoms with Gasteiger partial charge in [0.2, 0.25) is 6.20 Å². The predicted molar refractivity (Wildman–Crippen MR) is 119 cm³/mol. The van der Waals surface area contributed by atoms with Crippen LogP contribution < -0.4 is 15.4 Å². The van der Waals surface area contributed by atoms with Gasteiger partial charge in [-0.25, -0.2) is 0 Å². The van der Waals surface area contributed by atoms with Crippen LogP contribution in [0, 0.1) is 12.8 Å². The Morgan fingerprint density at radius 3 is 2.48 bits per heavy atom. The molecule has 6 nitrogen and oxygen atoms in total. The number of nitrogens with zero attached hydrogens (tertiary/aromatic N) is 1. The second kappa shape index (κ2) is 9.16. The van der Waals surface area contributed by atoms with Crippen LogP contribution in [0.1, 0.15) is 58.5 Å². The number of aryl methyl sites for hydroxylation is 1. The average molecular weight is 419 g/mol. The summed E-state index contributed by atoms with van der Waals surface area (Å²) in [6.07, 6.45) is 7.24. The Morgan fingerprint density at radius 1 is 0.968 bits per heavy atom. The molecule has 1 heterocycles. The largest absolute Gasteiger partial charge is 0.346 e. The second-order valence-electron chi connectivity index (χ2n) is 8.26. The summed E-state index contributed by atoms with van der Waals surface area (Å²) in [6, 6.07) is 14.6. The number of benzene rings is 2. The van der Waals surface area contributed by atoms with Crippen molar-refractivity contribution in [2.24, 2.45) is 5.92 Å². The van der Waals surface area contributed by atoms with Gasteiger partial charge in [-0.1, -0.05) is 49.6 Å². The Kier molecular flexibility index (Phi) is 6.16. The van der Waals surface area contributed by atoms with E-state index in [0.29, 0.717) is 18.0 Å². The van der Waals surface area contributed by atoms with Crippen molar-refractivity contribution < 1.29 is 19.5 Å². The highest BCUT2D eigenvalue weighted by Crippen LogP contribution is 2.24. The van der Waals surface area contributed by atoms with Crippen LogP contribution in [0.25, 0.3) is 10.8 Å². The summed E-state index contributed by atoms with van der Waals surface area (Å²) in [5.74, 6) is -0.271. The molecule has 0 unspecified atom stereocenters. The Morgan fingerprint density at radius 2 is 1.71 bits per heavy atom. The van der Waals surface area contributed by atoms with Gasteiger partial charge in [0.1, 0.15) is 5.69 Å². The average Bonchev–Trinajstić information content (AvgIpc) is 2.78. The molecule has 31 heavy (non-hydrogen) atoms. The summed E-state index contributed by atoms with van der Waals surface area (Å²) in [6.45, 7) is 2.58. The molecule has 1 fully saturated rings. The lowest BCUT2D eigenvalue weighted by Crippen LogP contribution is -2.43. The van der Waals surface area contributed by atoms with E-state index in [1.54, 1.807) is 18.2 Å². The topological polar surface area (TPSA) is 82.3 Å². The lowest BCUT2D eigenvalue weighted by atomic mass is 9.89. The molecule has 1 saturated carbocycles. The van der Waals surface area contributed by atoms with E-state index in [9.17, 15) is 14.8 Å². The SMILES string of the molecule is Cc1ccc(C(=O)Nc2ccc[n+](O)c2C(=O)NCC2CCCCC2)c2ccccc12. The molecule has 1 aliphatic rings. The zero-order valence-corrected chi connectivity index (χ0v) is 17.7. The number of nitrogens with one attached hydrogen (secondary N) is 2. The molecule has 0 saturated heterocycles. The van der Waals surface area contributed by atoms with Crippen LogP contribution in [0.4, 0.5) is 5.69 Å². The summed E-state index contributed by atoms with van der Waals surface area (Å²) < 4.78 is 0.763. The summed E-state index contributed by atoms with van der Waals surface area (Å²) in [7, 11) is 0. The van der Waals surface area contributed by atoms with Crippen molar-refractivity contribution in [3.05, 3.63) is 71.5 Å². The zero-order chi connectivity index (χ0) is 21.8. The quantitative estimate of drug-likeness (QED) is 0.428. The third kappa shape index (κ3) is 4.53. The number of hydrogen-bond donors (Lipinski definition) is 3. The Hall–Kier alpha value is -3.41. The summed E-state index contributed by atoms with van der Waals surface area (Å²) in [5.41, 5.74) is 1.88. The van der Waals surface area contributed by atoms with Crippen molar-refractivity contribution in [1.82, 2.24) is 5.32 Å². The van der Waals surface area contributed by atoms with Crippen molar-refractivity contribution in [3.63, 3.8) is 0 Å². The van der Waals surface area contributed by atoms with Gasteiger partial charge in [-0.3, -0.25) is 14.8 Å². The van der Waals surface area contributed by atoms with Gasteiger partial charge in [0, 0.05) is 22.9 Å². The zero-order valence-electron chi connectivity index (χ0n) is 17.7. The van der Waals surface area contributed by atoms with Gasteiger partial charge in [0.25, 0.3) is 5.91 Å². The molecular weight excluding hydrogens is 390 g/mol. The number of amides is 2. The predicted octanol–water partition coefficient (Wildman–Crippen LogP) is 4.24. The minimum Gasteiger partial charge on any atom is -0.346 e. The molecule has 2 amide bonds. The maximum atomic E-state index is 13.1. The number of fused-ring (bicyclic) bond motifs is 1. The second-order valence-corrected chi connectivity index (χ2v) is 8.26. The minimum absolute atomic E-state index is 0.0167. The van der Waals surface area contributed by atoms with Gasteiger partial charge in [0.15, 0.2) is 0 Å². The molecule has 0 atom stereocenters. The lowest BCUT2D eigenvalue weighted by molar-refractivity contribution is -0.905. The van der Waals surface area contributed by atoms with Gasteiger partial charge in [0.05, 0.1) is 0 Å². The molecule has 3 N–H and O–H groups in total. The maximum absolute atomic E-state index is 13.1. The van der Waals surface area contributed by atoms with E-state index in [2.05, 4.69) is 10.6 Å². The molecular formula is C25H28N3O3+. The fourth-order valence-electron chi connectivity index (χ4n) is 4.37. The van der Waals surface area contributed by atoms with Crippen LogP contribution >= 0.6 is 0 Å². The monoisotopic (exact) mass is 418 g/mol. The number of carbonyl (C=O) groups excluding carboxylic acids is 2. The molecule has 0 spiro atoms. The highest BCUT2D eigenvalue weighted by atomic mass is 16.5. The van der Waals surface area contributed by atoms with E-state index in [1.165, 1.54) is 25.5 Å². The number of hydrogen-bond acceptors (Lipinski definition) is 3. The van der Waals surface area contributed by atoms with Crippen LogP contribution in [0.2, 0.25) is 0 Å². The summed E-state index contributed by atoms with van der Waals surface area (Å²) in [5, 5.41) is 17.9. The number of carbonyl (C=O) groups is 2. The Labute approximate surface area is 181 Å². The van der Waals surface area contributed by atoms with E-state index in [1.807, 2.05) is 37.3 Å². The van der Waals surface area contributed by atoms with E-state index < -0.39 is 5.91 Å². The van der Waals surface area contributed by atoms with Crippen molar-refractivity contribution in [3.8, 4) is 0 Å². The molecule has 160 valence electrons. The standard InChI is InChI=1S/C25H27N3O3/c1-17-13-14-21(20-11-6-5-10-19(17)20)24(29)27-22-12-7-15-28(31)23(22)25(30)26-16-18-8-3-2-4-9-18/h5-7,10-15,18H,2-4,8-9,16H2,1H3,(H2-,26,27,29,30,31)/p+1. The Balaban J connectivity index is 1.57. The lowest BCUT2D eigenvalue weighted by Gasteiger charge is -2.21. The smallest absolute Gasteiger partial charge is 0.344 e. The summed E-state index contributed by atoms with van der Waals surface area (Å²) in [4.78, 5) is 26.0. The molecule has 6 heteroatoms. The third-order valence-corrected chi connectivity index (χ3v) is 6.10. The number of pyridine rings is 1. The fraction of sp³-hybridized carbons (Fsp3) is 0.320. The van der Waals surface area contributed by atoms with Crippen LogP contribution in [-0.4, -0.2) is 23.6 Å². The van der Waals surface area contributed by atoms with E-state index >= 15 is 0 Å². The molecule has 0 radical (unpaired) electrons. The van der Waals surface area contributed by atoms with Gasteiger partial charge in [-0.05, 0) is 54.2 Å². The molecule has 2 aromatic carbocycles. The Bertz CT molecular complexity index is 1120. The van der Waals surface area contributed by atoms with Gasteiger partial charge in [-0.2, -0.15) is 0 Å². The number of rotatable bonds is 5. The van der Waals surface area contributed by atoms with Crippen molar-refractivity contribution >= 4 is 28.3 Å². The van der Waals surface area contributed by atoms with Crippen molar-refractivity contribution in [2.75, 3.05) is 11.9 Å². The van der Waals surface area contributed by atoms with Crippen LogP contribution in [-0.2, 0) is 0 Å². The van der Waals surface area contributed by atoms with Gasteiger partial charge >= 0.3 is 11.6 Å². The van der Waals surface area contributed by atoms with E-state index in [4.69, 9.17) is 0 Å². The fourth-order valence-corrected chi connectivity index (χ4v) is 4.37. The van der Waals surface area contributed by atoms with Gasteiger partial charge < -0.3 is 10.6 Å². The first kappa shape index (κ1) is 20.8. The normalized spacial score (nSPS) is 14.4. The molecule has 0 aliphatic heterocycles. The third-order valence-electron chi connectivity index (χ3n) is 6.10. The molecule has 1 aliphatic carbocycles. The summed E-state index contributed by atoms with van der Waals surface area (Å²) >= 11 is 0. The molecule has 1 aromatic heterocycles. The van der Waals surface area contributed by atoms with Crippen LogP contribution in [0.3, 0.4) is 0 Å². The van der Waals surface area contributed by atoms with E-state index in [-0.39, 0.29) is 17.3 Å². The molecule has 4 rings (SSSR count). The first-order valence-electron chi connectivity index (χ1n) is 10.9. The number of aromatic nitrogens is 1. The first-order chi connectivity index (χ1) is 15.0. The van der Waals surface area contributed by atoms with E-state index in [0.717, 1.165) is 33.9 Å². The molecule has 0 bridgehead atoms. The minimum atomic E-state index is -0.405. The highest BCUT2D eigenvalue weighted by molar-refractivity contribution is 6.14. The first-order valence-corrected chi connectivity index (χ1v) is 10.9. The molecule has 3 aromatic rings. The maximum Gasteiger partial charge on any atom is 0.344 e.